The van der Waals surface area contributed by atoms with Crippen molar-refractivity contribution in [1.82, 2.24) is 14.7 Å². The zero-order valence-electron chi connectivity index (χ0n) is 12.2. The number of benzene rings is 1. The number of rotatable bonds is 4. The van der Waals surface area contributed by atoms with Crippen LogP contribution >= 0.6 is 0 Å². The molecule has 0 N–H and O–H groups in total. The van der Waals surface area contributed by atoms with Crippen molar-refractivity contribution in [2.75, 3.05) is 14.2 Å². The van der Waals surface area contributed by atoms with Gasteiger partial charge in [0.05, 0.1) is 18.9 Å². The monoisotopic (exact) mass is 287 g/mol. The molecule has 0 saturated heterocycles. The average molecular weight is 287 g/mol. The van der Waals surface area contributed by atoms with Crippen LogP contribution in [-0.4, -0.2) is 40.7 Å². The van der Waals surface area contributed by atoms with E-state index in [1.54, 1.807) is 47.1 Å². The Balaban J connectivity index is 2.06. The molecule has 0 bridgehead atoms. The number of methoxy groups -OCH3 is 1. The first-order valence-corrected chi connectivity index (χ1v) is 6.42. The first-order valence-electron chi connectivity index (χ1n) is 6.42. The van der Waals surface area contributed by atoms with Crippen molar-refractivity contribution in [1.29, 1.82) is 0 Å². The fourth-order valence-electron chi connectivity index (χ4n) is 1.99. The van der Waals surface area contributed by atoms with Crippen molar-refractivity contribution in [3.8, 4) is 0 Å². The Hall–Kier alpha value is -2.63. The minimum absolute atomic E-state index is 0.115. The number of ether oxygens (including phenoxy) is 1. The van der Waals surface area contributed by atoms with Gasteiger partial charge in [-0.05, 0) is 24.3 Å². The first-order chi connectivity index (χ1) is 10.0. The first kappa shape index (κ1) is 14.8. The summed E-state index contributed by atoms with van der Waals surface area (Å²) in [6.07, 6.45) is 3.59. The van der Waals surface area contributed by atoms with Gasteiger partial charge in [-0.2, -0.15) is 5.10 Å². The SMILES string of the molecule is COC(=O)c1ccc(C(=O)N(C)Cc2cnn(C)c2)cc1. The van der Waals surface area contributed by atoms with E-state index in [9.17, 15) is 9.59 Å². The molecule has 0 atom stereocenters. The van der Waals surface area contributed by atoms with Gasteiger partial charge in [0.25, 0.3) is 5.91 Å². The van der Waals surface area contributed by atoms with Crippen LogP contribution in [0.5, 0.6) is 0 Å². The molecule has 2 rings (SSSR count). The smallest absolute Gasteiger partial charge is 0.337 e. The Labute approximate surface area is 122 Å². The lowest BCUT2D eigenvalue weighted by Crippen LogP contribution is -2.26. The highest BCUT2D eigenvalue weighted by atomic mass is 16.5. The van der Waals surface area contributed by atoms with Crippen molar-refractivity contribution in [2.24, 2.45) is 7.05 Å². The lowest BCUT2D eigenvalue weighted by atomic mass is 10.1. The van der Waals surface area contributed by atoms with Gasteiger partial charge in [-0.15, -0.1) is 0 Å². The van der Waals surface area contributed by atoms with E-state index in [0.29, 0.717) is 17.7 Å². The van der Waals surface area contributed by atoms with E-state index in [2.05, 4.69) is 9.84 Å². The Morgan fingerprint density at radius 3 is 2.38 bits per heavy atom. The molecule has 0 radical (unpaired) electrons. The van der Waals surface area contributed by atoms with E-state index in [-0.39, 0.29) is 5.91 Å². The maximum absolute atomic E-state index is 12.3. The van der Waals surface area contributed by atoms with Gasteiger partial charge in [-0.3, -0.25) is 9.48 Å². The van der Waals surface area contributed by atoms with Gasteiger partial charge < -0.3 is 9.64 Å². The van der Waals surface area contributed by atoms with Crippen LogP contribution in [0.3, 0.4) is 0 Å². The predicted octanol–water partition coefficient (Wildman–Crippen LogP) is 1.48. The van der Waals surface area contributed by atoms with Crippen LogP contribution in [0, 0.1) is 0 Å². The van der Waals surface area contributed by atoms with Gasteiger partial charge in [0, 0.05) is 38.0 Å². The molecule has 0 aliphatic heterocycles. The minimum atomic E-state index is -0.419. The lowest BCUT2D eigenvalue weighted by Gasteiger charge is -2.16. The molecule has 1 aromatic heterocycles. The molecule has 0 saturated carbocycles. The zero-order chi connectivity index (χ0) is 15.4. The van der Waals surface area contributed by atoms with Crippen LogP contribution in [0.25, 0.3) is 0 Å². The van der Waals surface area contributed by atoms with Crippen LogP contribution in [0.2, 0.25) is 0 Å². The molecule has 2 aromatic rings. The van der Waals surface area contributed by atoms with Crippen LogP contribution in [0.4, 0.5) is 0 Å². The Morgan fingerprint density at radius 1 is 1.24 bits per heavy atom. The van der Waals surface area contributed by atoms with Gasteiger partial charge >= 0.3 is 5.97 Å². The van der Waals surface area contributed by atoms with Crippen LogP contribution in [0.15, 0.2) is 36.7 Å². The standard InChI is InChI=1S/C15H17N3O3/c1-17(9-11-8-16-18(2)10-11)14(19)12-4-6-13(7-5-12)15(20)21-3/h4-8,10H,9H2,1-3H3. The summed E-state index contributed by atoms with van der Waals surface area (Å²) in [5, 5.41) is 4.07. The fourth-order valence-corrected chi connectivity index (χ4v) is 1.99. The van der Waals surface area contributed by atoms with E-state index in [4.69, 9.17) is 0 Å². The van der Waals surface area contributed by atoms with Gasteiger partial charge in [0.2, 0.25) is 0 Å². The van der Waals surface area contributed by atoms with Gasteiger partial charge in [-0.1, -0.05) is 0 Å². The van der Waals surface area contributed by atoms with E-state index >= 15 is 0 Å². The summed E-state index contributed by atoms with van der Waals surface area (Å²) in [5.41, 5.74) is 1.90. The third-order valence-electron chi connectivity index (χ3n) is 3.08. The van der Waals surface area contributed by atoms with E-state index in [1.807, 2.05) is 13.2 Å². The van der Waals surface area contributed by atoms with Crippen molar-refractivity contribution < 1.29 is 14.3 Å². The van der Waals surface area contributed by atoms with Crippen molar-refractivity contribution in [2.45, 2.75) is 6.54 Å². The number of amides is 1. The fraction of sp³-hybridized carbons (Fsp3) is 0.267. The highest BCUT2D eigenvalue weighted by Gasteiger charge is 2.14. The van der Waals surface area contributed by atoms with E-state index in [0.717, 1.165) is 5.56 Å². The zero-order valence-corrected chi connectivity index (χ0v) is 12.2. The van der Waals surface area contributed by atoms with Crippen molar-refractivity contribution >= 4 is 11.9 Å². The molecule has 1 heterocycles. The van der Waals surface area contributed by atoms with Crippen molar-refractivity contribution in [3.05, 3.63) is 53.3 Å². The number of hydrogen-bond donors (Lipinski definition) is 0. The number of esters is 1. The summed E-state index contributed by atoms with van der Waals surface area (Å²) in [6.45, 7) is 0.478. The highest BCUT2D eigenvalue weighted by Crippen LogP contribution is 2.10. The number of nitrogens with zero attached hydrogens (tertiary/aromatic N) is 3. The quantitative estimate of drug-likeness (QED) is 0.799. The maximum atomic E-state index is 12.3. The number of carbonyl (C=O) groups excluding carboxylic acids is 2. The lowest BCUT2D eigenvalue weighted by molar-refractivity contribution is 0.0600. The summed E-state index contributed by atoms with van der Waals surface area (Å²) in [4.78, 5) is 25.2. The molecule has 1 amide bonds. The molecule has 0 aliphatic carbocycles. The second kappa shape index (κ2) is 6.21. The predicted molar refractivity (Wildman–Crippen MR) is 76.8 cm³/mol. The topological polar surface area (TPSA) is 64.4 Å². The summed E-state index contributed by atoms with van der Waals surface area (Å²) in [6, 6.07) is 6.40. The molecular weight excluding hydrogens is 270 g/mol. The summed E-state index contributed by atoms with van der Waals surface area (Å²) < 4.78 is 6.32. The van der Waals surface area contributed by atoms with Gasteiger partial charge in [0.1, 0.15) is 0 Å². The molecule has 0 unspecified atom stereocenters. The number of aromatic nitrogens is 2. The molecule has 0 spiro atoms. The molecule has 0 fully saturated rings. The molecule has 1 aromatic carbocycles. The van der Waals surface area contributed by atoms with E-state index in [1.165, 1.54) is 7.11 Å². The Bertz CT molecular complexity index is 646. The number of aryl methyl sites for hydroxylation is 1. The average Bonchev–Trinajstić information content (AvgIpc) is 2.90. The maximum Gasteiger partial charge on any atom is 0.337 e. The summed E-state index contributed by atoms with van der Waals surface area (Å²) in [5.74, 6) is -0.534. The minimum Gasteiger partial charge on any atom is -0.465 e. The van der Waals surface area contributed by atoms with Crippen molar-refractivity contribution in [3.63, 3.8) is 0 Å². The molecular formula is C15H17N3O3. The number of carbonyl (C=O) groups is 2. The van der Waals surface area contributed by atoms with Gasteiger partial charge in [0.15, 0.2) is 0 Å². The Kier molecular flexibility index (Phi) is 4.37. The largest absolute Gasteiger partial charge is 0.465 e. The van der Waals surface area contributed by atoms with Gasteiger partial charge in [-0.25, -0.2) is 4.79 Å². The van der Waals surface area contributed by atoms with Crippen LogP contribution in [-0.2, 0) is 18.3 Å². The van der Waals surface area contributed by atoms with Crippen LogP contribution < -0.4 is 0 Å². The molecule has 21 heavy (non-hydrogen) atoms. The molecule has 6 heteroatoms. The summed E-state index contributed by atoms with van der Waals surface area (Å²) >= 11 is 0. The number of hydrogen-bond acceptors (Lipinski definition) is 4. The molecule has 0 aliphatic rings. The molecule has 110 valence electrons. The third-order valence-corrected chi connectivity index (χ3v) is 3.08. The summed E-state index contributed by atoms with van der Waals surface area (Å²) in [7, 11) is 4.88. The second-order valence-corrected chi connectivity index (χ2v) is 4.75. The molecule has 6 nitrogen and oxygen atoms in total. The Morgan fingerprint density at radius 2 is 1.86 bits per heavy atom. The second-order valence-electron chi connectivity index (χ2n) is 4.75. The van der Waals surface area contributed by atoms with Crippen LogP contribution in [0.1, 0.15) is 26.3 Å². The highest BCUT2D eigenvalue weighted by molar-refractivity contribution is 5.96. The van der Waals surface area contributed by atoms with E-state index < -0.39 is 5.97 Å². The third kappa shape index (κ3) is 3.47. The normalized spacial score (nSPS) is 10.2.